The Morgan fingerprint density at radius 2 is 1.77 bits per heavy atom. The minimum atomic E-state index is -0.952. The fourth-order valence-corrected chi connectivity index (χ4v) is 6.08. The molecule has 1 N–H and O–H groups in total. The molecular formula is C20H28N2O4. The zero-order valence-electron chi connectivity index (χ0n) is 15.6. The van der Waals surface area contributed by atoms with E-state index < -0.39 is 24.0 Å². The molecule has 5 fully saturated rings. The molecule has 0 spiro atoms. The summed E-state index contributed by atoms with van der Waals surface area (Å²) < 4.78 is 5.32. The van der Waals surface area contributed by atoms with Gasteiger partial charge in [-0.25, -0.2) is 9.59 Å². The van der Waals surface area contributed by atoms with Crippen molar-refractivity contribution in [3.63, 3.8) is 0 Å². The van der Waals surface area contributed by atoms with Gasteiger partial charge >= 0.3 is 12.0 Å². The molecule has 0 aromatic heterocycles. The quantitative estimate of drug-likeness (QED) is 0.618. The molecule has 142 valence electrons. The molecule has 4 saturated carbocycles. The first-order valence-corrected chi connectivity index (χ1v) is 9.85. The van der Waals surface area contributed by atoms with Crippen LogP contribution in [-0.2, 0) is 14.3 Å². The first-order valence-electron chi connectivity index (χ1n) is 9.85. The molecule has 0 aromatic carbocycles. The van der Waals surface area contributed by atoms with Gasteiger partial charge in [0, 0.05) is 19.2 Å². The lowest BCUT2D eigenvalue weighted by molar-refractivity contribution is -0.153. The highest BCUT2D eigenvalue weighted by Gasteiger charge is 2.51. The number of rotatable bonds is 4. The molecule has 6 nitrogen and oxygen atoms in total. The van der Waals surface area contributed by atoms with Crippen molar-refractivity contribution < 1.29 is 19.1 Å². The summed E-state index contributed by atoms with van der Waals surface area (Å²) in [5.41, 5.74) is 1.27. The Labute approximate surface area is 154 Å². The Morgan fingerprint density at radius 1 is 1.19 bits per heavy atom. The number of carbonyl (C=O) groups is 3. The van der Waals surface area contributed by atoms with Gasteiger partial charge in [0.15, 0.2) is 6.10 Å². The molecule has 5 aliphatic rings. The maximum Gasteiger partial charge on any atom is 0.331 e. The molecule has 5 rings (SSSR count). The van der Waals surface area contributed by atoms with E-state index >= 15 is 0 Å². The molecule has 4 bridgehead atoms. The minimum absolute atomic E-state index is 0.163. The van der Waals surface area contributed by atoms with Gasteiger partial charge in [0.2, 0.25) is 0 Å². The number of urea groups is 1. The van der Waals surface area contributed by atoms with Gasteiger partial charge in [-0.15, -0.1) is 0 Å². The van der Waals surface area contributed by atoms with Crippen LogP contribution in [-0.4, -0.2) is 42.0 Å². The highest BCUT2D eigenvalue weighted by atomic mass is 16.5. The smallest absolute Gasteiger partial charge is 0.331 e. The molecular weight excluding hydrogens is 332 g/mol. The van der Waals surface area contributed by atoms with Crippen LogP contribution < -0.4 is 5.32 Å². The zero-order valence-corrected chi connectivity index (χ0v) is 15.6. The standard InChI is InChI=1S/C20H28N2O4/c1-12(20-9-14-6-15(10-20)8-16(7-14)11-20)5-17(23)26-13(2)18(24)22-4-3-21-19(22)25/h5,13-16H,3-4,6-11H2,1-2H3,(H,21,25)/b12-5+/t13-,14?,15?,16?,20?/m0/s1. The van der Waals surface area contributed by atoms with E-state index in [2.05, 4.69) is 12.2 Å². The molecule has 1 heterocycles. The van der Waals surface area contributed by atoms with Gasteiger partial charge in [0.25, 0.3) is 5.91 Å². The van der Waals surface area contributed by atoms with E-state index in [1.165, 1.54) is 45.4 Å². The normalized spacial score (nSPS) is 36.8. The maximum atomic E-state index is 12.4. The van der Waals surface area contributed by atoms with Crippen LogP contribution in [0.4, 0.5) is 4.79 Å². The number of allylic oxidation sites excluding steroid dienone is 1. The summed E-state index contributed by atoms with van der Waals surface area (Å²) >= 11 is 0. The van der Waals surface area contributed by atoms with Crippen LogP contribution in [0.15, 0.2) is 11.6 Å². The van der Waals surface area contributed by atoms with Gasteiger partial charge in [-0.2, -0.15) is 0 Å². The molecule has 4 aliphatic carbocycles. The minimum Gasteiger partial charge on any atom is -0.449 e. The van der Waals surface area contributed by atoms with E-state index in [4.69, 9.17) is 4.74 Å². The van der Waals surface area contributed by atoms with Gasteiger partial charge in [0.1, 0.15) is 0 Å². The fourth-order valence-electron chi connectivity index (χ4n) is 6.08. The lowest BCUT2D eigenvalue weighted by Gasteiger charge is -2.57. The molecule has 0 aromatic rings. The topological polar surface area (TPSA) is 75.7 Å². The van der Waals surface area contributed by atoms with Gasteiger partial charge < -0.3 is 10.1 Å². The number of carbonyl (C=O) groups excluding carboxylic acids is 3. The van der Waals surface area contributed by atoms with Crippen LogP contribution in [0.1, 0.15) is 52.4 Å². The van der Waals surface area contributed by atoms with E-state index in [1.54, 1.807) is 6.08 Å². The van der Waals surface area contributed by atoms with Crippen molar-refractivity contribution in [2.45, 2.75) is 58.5 Å². The molecule has 0 unspecified atom stereocenters. The number of hydrogen-bond donors (Lipinski definition) is 1. The summed E-state index contributed by atoms with van der Waals surface area (Å²) in [5, 5.41) is 2.58. The lowest BCUT2D eigenvalue weighted by atomic mass is 9.48. The number of hydrogen-bond acceptors (Lipinski definition) is 4. The van der Waals surface area contributed by atoms with Crippen molar-refractivity contribution in [3.05, 3.63) is 11.6 Å². The second-order valence-corrected chi connectivity index (χ2v) is 8.83. The Bertz CT molecular complexity index is 633. The lowest BCUT2D eigenvalue weighted by Crippen LogP contribution is -2.46. The molecule has 3 amide bonds. The van der Waals surface area contributed by atoms with E-state index in [9.17, 15) is 14.4 Å². The number of nitrogens with zero attached hydrogens (tertiary/aromatic N) is 1. The molecule has 6 heteroatoms. The summed E-state index contributed by atoms with van der Waals surface area (Å²) in [6, 6.07) is -0.418. The van der Waals surface area contributed by atoms with Crippen molar-refractivity contribution in [3.8, 4) is 0 Å². The van der Waals surface area contributed by atoms with Crippen LogP contribution in [0, 0.1) is 23.2 Å². The van der Waals surface area contributed by atoms with Crippen molar-refractivity contribution >= 4 is 17.9 Å². The largest absolute Gasteiger partial charge is 0.449 e. The van der Waals surface area contributed by atoms with Gasteiger partial charge in [-0.1, -0.05) is 5.57 Å². The summed E-state index contributed by atoms with van der Waals surface area (Å²) in [4.78, 5) is 37.3. The summed E-state index contributed by atoms with van der Waals surface area (Å²) in [6.45, 7) is 4.34. The van der Waals surface area contributed by atoms with Crippen molar-refractivity contribution in [1.29, 1.82) is 0 Å². The number of ether oxygens (including phenoxy) is 1. The summed E-state index contributed by atoms with van der Waals surface area (Å²) in [5.74, 6) is 1.51. The van der Waals surface area contributed by atoms with E-state index in [1.807, 2.05) is 0 Å². The van der Waals surface area contributed by atoms with Gasteiger partial charge in [0.05, 0.1) is 0 Å². The third-order valence-corrected chi connectivity index (χ3v) is 6.97. The van der Waals surface area contributed by atoms with Crippen LogP contribution >= 0.6 is 0 Å². The van der Waals surface area contributed by atoms with Gasteiger partial charge in [-0.05, 0) is 75.5 Å². The summed E-state index contributed by atoms with van der Waals surface area (Å²) in [7, 11) is 0. The molecule has 1 atom stereocenters. The number of imide groups is 1. The Balaban J connectivity index is 1.40. The van der Waals surface area contributed by atoms with Crippen LogP contribution in [0.25, 0.3) is 0 Å². The number of esters is 1. The SMILES string of the molecule is C/C(=C\C(=O)O[C@@H](C)C(=O)N1CCNC1=O)C12CC3CC(CC(C3)C1)C2. The average Bonchev–Trinajstić information content (AvgIpc) is 2.98. The molecule has 26 heavy (non-hydrogen) atoms. The zero-order chi connectivity index (χ0) is 18.5. The highest BCUT2D eigenvalue weighted by Crippen LogP contribution is 2.62. The predicted molar refractivity (Wildman–Crippen MR) is 95.0 cm³/mol. The van der Waals surface area contributed by atoms with Crippen molar-refractivity contribution in [1.82, 2.24) is 10.2 Å². The van der Waals surface area contributed by atoms with Crippen LogP contribution in [0.5, 0.6) is 0 Å². The van der Waals surface area contributed by atoms with Crippen LogP contribution in [0.2, 0.25) is 0 Å². The van der Waals surface area contributed by atoms with Crippen molar-refractivity contribution in [2.24, 2.45) is 23.2 Å². The maximum absolute atomic E-state index is 12.4. The number of amides is 3. The number of nitrogens with one attached hydrogen (secondary N) is 1. The van der Waals surface area contributed by atoms with E-state index in [-0.39, 0.29) is 5.41 Å². The predicted octanol–water partition coefficient (Wildman–Crippen LogP) is 2.63. The third-order valence-electron chi connectivity index (χ3n) is 6.97. The molecule has 1 saturated heterocycles. The fraction of sp³-hybridized carbons (Fsp3) is 0.750. The highest BCUT2D eigenvalue weighted by molar-refractivity contribution is 5.98. The first kappa shape index (κ1) is 17.6. The third kappa shape index (κ3) is 3.03. The summed E-state index contributed by atoms with van der Waals surface area (Å²) in [6.07, 6.45) is 8.31. The molecule has 0 radical (unpaired) electrons. The van der Waals surface area contributed by atoms with E-state index in [0.29, 0.717) is 13.1 Å². The first-order chi connectivity index (χ1) is 12.4. The van der Waals surface area contributed by atoms with Gasteiger partial charge in [-0.3, -0.25) is 9.69 Å². The Kier molecular flexibility index (Phi) is 4.32. The van der Waals surface area contributed by atoms with Crippen molar-refractivity contribution in [2.75, 3.05) is 13.1 Å². The second kappa shape index (κ2) is 6.39. The van der Waals surface area contributed by atoms with Crippen LogP contribution in [0.3, 0.4) is 0 Å². The molecule has 1 aliphatic heterocycles. The average molecular weight is 360 g/mol. The Hall–Kier alpha value is -1.85. The monoisotopic (exact) mass is 360 g/mol. The van der Waals surface area contributed by atoms with E-state index in [0.717, 1.165) is 28.2 Å². The second-order valence-electron chi connectivity index (χ2n) is 8.83. The Morgan fingerprint density at radius 3 is 2.27 bits per heavy atom.